The van der Waals surface area contributed by atoms with Gasteiger partial charge in [0.25, 0.3) is 0 Å². The second-order valence-corrected chi connectivity index (χ2v) is 11.8. The number of allylic oxidation sites excluding steroid dienone is 5. The molecular weight excluding hydrogens is 470 g/mol. The second-order valence-electron chi connectivity index (χ2n) is 11.8. The molecule has 0 unspecified atom stereocenters. The van der Waals surface area contributed by atoms with Gasteiger partial charge in [-0.3, -0.25) is 0 Å². The monoisotopic (exact) mass is 501 g/mol. The average Bonchev–Trinajstić information content (AvgIpc) is 3.45. The Hall–Kier alpha value is -4.36. The van der Waals surface area contributed by atoms with E-state index >= 15 is 0 Å². The van der Waals surface area contributed by atoms with Crippen molar-refractivity contribution in [2.75, 3.05) is 0 Å². The Balaban J connectivity index is 1.32. The van der Waals surface area contributed by atoms with Crippen LogP contribution < -0.4 is 0 Å². The quantitative estimate of drug-likeness (QED) is 0.208. The van der Waals surface area contributed by atoms with Gasteiger partial charge in [-0.15, -0.1) is 0 Å². The molecule has 1 aromatic heterocycles. The summed E-state index contributed by atoms with van der Waals surface area (Å²) in [6.45, 7) is 6.97. The Morgan fingerprint density at radius 2 is 1.33 bits per heavy atom. The lowest BCUT2D eigenvalue weighted by atomic mass is 9.79. The van der Waals surface area contributed by atoms with E-state index in [1.165, 1.54) is 76.9 Å². The van der Waals surface area contributed by atoms with Crippen LogP contribution in [0, 0.1) is 12.3 Å². The van der Waals surface area contributed by atoms with Crippen molar-refractivity contribution in [3.05, 3.63) is 126 Å². The molecule has 6 aromatic rings. The molecule has 1 heterocycles. The zero-order valence-electron chi connectivity index (χ0n) is 22.8. The molecule has 0 aliphatic heterocycles. The fraction of sp³-hybridized carbons (Fsp3) is 0.158. The molecule has 0 saturated carbocycles. The average molecular weight is 502 g/mol. The molecule has 2 aliphatic carbocycles. The summed E-state index contributed by atoms with van der Waals surface area (Å²) in [6, 6.07) is 31.8. The Morgan fingerprint density at radius 1 is 0.667 bits per heavy atom. The van der Waals surface area contributed by atoms with E-state index in [1.807, 2.05) is 0 Å². The molecular formula is C38H31N. The van der Waals surface area contributed by atoms with Crippen LogP contribution in [0.4, 0.5) is 0 Å². The van der Waals surface area contributed by atoms with E-state index in [0.29, 0.717) is 0 Å². The molecule has 0 fully saturated rings. The molecule has 8 rings (SSSR count). The maximum absolute atomic E-state index is 2.52. The number of para-hydroxylation sites is 1. The number of hydrogen-bond acceptors (Lipinski definition) is 0. The van der Waals surface area contributed by atoms with Crippen molar-refractivity contribution in [2.24, 2.45) is 5.41 Å². The smallest absolute Gasteiger partial charge is 0.0534 e. The Bertz CT molecular complexity index is 2090. The zero-order valence-corrected chi connectivity index (χ0v) is 22.8. The zero-order chi connectivity index (χ0) is 26.3. The minimum atomic E-state index is -0.142. The van der Waals surface area contributed by atoms with Crippen LogP contribution in [0.15, 0.2) is 103 Å². The summed E-state index contributed by atoms with van der Waals surface area (Å²) in [5.41, 5.74) is 9.33. The lowest BCUT2D eigenvalue weighted by Crippen LogP contribution is -2.18. The van der Waals surface area contributed by atoms with Gasteiger partial charge in [-0.05, 0) is 93.1 Å². The minimum Gasteiger partial charge on any atom is -0.312 e. The third-order valence-electron chi connectivity index (χ3n) is 9.12. The van der Waals surface area contributed by atoms with Crippen molar-refractivity contribution in [1.29, 1.82) is 0 Å². The summed E-state index contributed by atoms with van der Waals surface area (Å²) in [5.74, 6) is 0. The molecule has 1 nitrogen and oxygen atoms in total. The summed E-state index contributed by atoms with van der Waals surface area (Å²) in [4.78, 5) is 0. The molecule has 0 N–H and O–H groups in total. The maximum atomic E-state index is 2.52. The number of hydrogen-bond donors (Lipinski definition) is 0. The minimum absolute atomic E-state index is 0.142. The van der Waals surface area contributed by atoms with Gasteiger partial charge in [-0.2, -0.15) is 0 Å². The van der Waals surface area contributed by atoms with Gasteiger partial charge < -0.3 is 4.57 Å². The number of aromatic nitrogens is 1. The highest BCUT2D eigenvalue weighted by atomic mass is 15.0. The van der Waals surface area contributed by atoms with Crippen molar-refractivity contribution in [3.8, 4) is 0 Å². The highest BCUT2D eigenvalue weighted by Gasteiger charge is 2.36. The van der Waals surface area contributed by atoms with E-state index in [2.05, 4.69) is 135 Å². The molecule has 188 valence electrons. The molecule has 1 heteroatoms. The van der Waals surface area contributed by atoms with E-state index in [9.17, 15) is 0 Å². The molecule has 0 spiro atoms. The summed E-state index contributed by atoms with van der Waals surface area (Å²) >= 11 is 0. The Kier molecular flexibility index (Phi) is 4.68. The Labute approximate surface area is 229 Å². The van der Waals surface area contributed by atoms with Gasteiger partial charge in [0.05, 0.1) is 5.52 Å². The molecule has 0 atom stereocenters. The highest BCUT2D eigenvalue weighted by Crippen LogP contribution is 2.50. The van der Waals surface area contributed by atoms with Crippen molar-refractivity contribution in [2.45, 2.75) is 33.6 Å². The largest absolute Gasteiger partial charge is 0.312 e. The first-order valence-electron chi connectivity index (χ1n) is 14.1. The van der Waals surface area contributed by atoms with E-state index in [4.69, 9.17) is 0 Å². The molecule has 39 heavy (non-hydrogen) atoms. The van der Waals surface area contributed by atoms with Crippen molar-refractivity contribution < 1.29 is 0 Å². The third kappa shape index (κ3) is 3.14. The van der Waals surface area contributed by atoms with Gasteiger partial charge in [0, 0.05) is 22.2 Å². The molecule has 0 radical (unpaired) electrons. The number of benzene rings is 5. The SMILES string of the molecule is Cc1ccc2c3ccccc3c3ccc(C4=CC=C(n5c6c(c7ccccc75)CCC=C6)C4(C)C)cc3c2c1. The second kappa shape index (κ2) is 8.07. The van der Waals surface area contributed by atoms with Crippen LogP contribution in [0.1, 0.15) is 42.7 Å². The van der Waals surface area contributed by atoms with E-state index in [0.717, 1.165) is 12.8 Å². The number of nitrogens with zero attached hydrogens (tertiary/aromatic N) is 1. The van der Waals surface area contributed by atoms with Crippen molar-refractivity contribution in [3.63, 3.8) is 0 Å². The van der Waals surface area contributed by atoms with Crippen LogP contribution >= 0.6 is 0 Å². The van der Waals surface area contributed by atoms with Crippen LogP contribution in [0.2, 0.25) is 0 Å². The van der Waals surface area contributed by atoms with Gasteiger partial charge in [-0.25, -0.2) is 0 Å². The van der Waals surface area contributed by atoms with Gasteiger partial charge in [0.15, 0.2) is 0 Å². The van der Waals surface area contributed by atoms with Crippen LogP contribution in [0.5, 0.6) is 0 Å². The molecule has 2 aliphatic rings. The van der Waals surface area contributed by atoms with Crippen molar-refractivity contribution >= 4 is 60.6 Å². The molecule has 0 bridgehead atoms. The first-order chi connectivity index (χ1) is 19.0. The summed E-state index contributed by atoms with van der Waals surface area (Å²) < 4.78 is 2.52. The Morgan fingerprint density at radius 3 is 2.13 bits per heavy atom. The predicted octanol–water partition coefficient (Wildman–Crippen LogP) is 10.3. The predicted molar refractivity (Wildman–Crippen MR) is 169 cm³/mol. The van der Waals surface area contributed by atoms with Gasteiger partial charge in [0.2, 0.25) is 0 Å². The topological polar surface area (TPSA) is 4.93 Å². The maximum Gasteiger partial charge on any atom is 0.0534 e. The fourth-order valence-electron chi connectivity index (χ4n) is 7.21. The summed E-state index contributed by atoms with van der Waals surface area (Å²) in [7, 11) is 0. The van der Waals surface area contributed by atoms with Gasteiger partial charge in [-0.1, -0.05) is 104 Å². The van der Waals surface area contributed by atoms with Crippen LogP contribution in [-0.4, -0.2) is 4.57 Å². The standard InChI is InChI=1S/C38H31N/c1-24-16-18-28-26-10-4-5-11-27(26)29-19-17-25(23-33(29)32(28)22-24)34-20-21-37(38(34,2)3)39-35-14-8-6-12-30(35)31-13-7-9-15-36(31)39/h4-6,8-12,14-23H,7,13H2,1-3H3. The lowest BCUT2D eigenvalue weighted by molar-refractivity contribution is 0.647. The van der Waals surface area contributed by atoms with Gasteiger partial charge >= 0.3 is 0 Å². The highest BCUT2D eigenvalue weighted by molar-refractivity contribution is 6.25. The first-order valence-corrected chi connectivity index (χ1v) is 14.1. The normalized spacial score (nSPS) is 16.3. The number of aryl methyl sites for hydroxylation is 2. The van der Waals surface area contributed by atoms with Crippen LogP contribution in [-0.2, 0) is 6.42 Å². The summed E-state index contributed by atoms with van der Waals surface area (Å²) in [6.07, 6.45) is 11.6. The lowest BCUT2D eigenvalue weighted by Gasteiger charge is -2.30. The van der Waals surface area contributed by atoms with E-state index < -0.39 is 0 Å². The molecule has 0 amide bonds. The number of fused-ring (bicyclic) bond motifs is 9. The van der Waals surface area contributed by atoms with E-state index in [1.54, 1.807) is 0 Å². The molecule has 5 aromatic carbocycles. The van der Waals surface area contributed by atoms with Crippen LogP contribution in [0.3, 0.4) is 0 Å². The number of rotatable bonds is 2. The van der Waals surface area contributed by atoms with E-state index in [-0.39, 0.29) is 5.41 Å². The third-order valence-corrected chi connectivity index (χ3v) is 9.12. The van der Waals surface area contributed by atoms with Crippen LogP contribution in [0.25, 0.3) is 60.6 Å². The summed E-state index contributed by atoms with van der Waals surface area (Å²) in [5, 5.41) is 9.37. The fourth-order valence-corrected chi connectivity index (χ4v) is 7.21. The first kappa shape index (κ1) is 22.6. The van der Waals surface area contributed by atoms with Crippen molar-refractivity contribution in [1.82, 2.24) is 4.57 Å². The molecule has 0 saturated heterocycles. The van der Waals surface area contributed by atoms with Gasteiger partial charge in [0.1, 0.15) is 0 Å².